The van der Waals surface area contributed by atoms with Crippen LogP contribution in [0.25, 0.3) is 0 Å². The average molecular weight is 172 g/mol. The fourth-order valence-electron chi connectivity index (χ4n) is 0.675. The largest absolute Gasteiger partial charge is 0.361 e. The molecule has 11 heavy (non-hydrogen) atoms. The number of hydrogen-bond acceptors (Lipinski definition) is 3. The van der Waals surface area contributed by atoms with Gasteiger partial charge < -0.3 is 4.90 Å². The van der Waals surface area contributed by atoms with Crippen molar-refractivity contribution in [2.45, 2.75) is 6.92 Å². The van der Waals surface area contributed by atoms with Crippen molar-refractivity contribution in [3.8, 4) is 0 Å². The maximum absolute atomic E-state index is 5.69. The zero-order valence-electron chi connectivity index (χ0n) is 6.80. The summed E-state index contributed by atoms with van der Waals surface area (Å²) in [5.41, 5.74) is 0.949. The molecule has 0 spiro atoms. The van der Waals surface area contributed by atoms with Crippen LogP contribution in [0.15, 0.2) is 6.07 Å². The summed E-state index contributed by atoms with van der Waals surface area (Å²) >= 11 is 5.69. The molecule has 1 aromatic rings. The van der Waals surface area contributed by atoms with Crippen molar-refractivity contribution >= 4 is 17.4 Å². The van der Waals surface area contributed by atoms with E-state index in [0.717, 1.165) is 11.4 Å². The van der Waals surface area contributed by atoms with E-state index in [9.17, 15) is 0 Å². The molecule has 0 aliphatic carbocycles. The lowest BCUT2D eigenvalue weighted by Gasteiger charge is -2.10. The van der Waals surface area contributed by atoms with Gasteiger partial charge in [0.1, 0.15) is 0 Å². The van der Waals surface area contributed by atoms with E-state index in [4.69, 9.17) is 11.6 Å². The van der Waals surface area contributed by atoms with Gasteiger partial charge in [0.15, 0.2) is 11.0 Å². The number of hydrogen-bond donors (Lipinski definition) is 0. The molecule has 1 heterocycles. The summed E-state index contributed by atoms with van der Waals surface area (Å²) in [5.74, 6) is 0.826. The van der Waals surface area contributed by atoms with Crippen LogP contribution in [0, 0.1) is 6.92 Å². The van der Waals surface area contributed by atoms with Crippen LogP contribution in [0.4, 0.5) is 5.82 Å². The normalized spacial score (nSPS) is 9.82. The molecule has 0 aliphatic rings. The quantitative estimate of drug-likeness (QED) is 0.642. The Morgan fingerprint density at radius 3 is 2.45 bits per heavy atom. The van der Waals surface area contributed by atoms with Gasteiger partial charge in [0, 0.05) is 14.1 Å². The van der Waals surface area contributed by atoms with E-state index in [2.05, 4.69) is 10.2 Å². The molecule has 1 aromatic heterocycles. The van der Waals surface area contributed by atoms with E-state index in [0.29, 0.717) is 5.15 Å². The van der Waals surface area contributed by atoms with E-state index >= 15 is 0 Å². The third-order valence-corrected chi connectivity index (χ3v) is 1.74. The molecular weight excluding hydrogens is 162 g/mol. The third-order valence-electron chi connectivity index (χ3n) is 1.37. The van der Waals surface area contributed by atoms with Gasteiger partial charge in [-0.2, -0.15) is 0 Å². The van der Waals surface area contributed by atoms with E-state index in [1.807, 2.05) is 32.0 Å². The second-order valence-corrected chi connectivity index (χ2v) is 2.93. The molecule has 0 unspecified atom stereocenters. The summed E-state index contributed by atoms with van der Waals surface area (Å²) in [4.78, 5) is 1.89. The first-order valence-corrected chi connectivity index (χ1v) is 3.66. The van der Waals surface area contributed by atoms with Gasteiger partial charge >= 0.3 is 0 Å². The van der Waals surface area contributed by atoms with Crippen LogP contribution in [-0.4, -0.2) is 24.3 Å². The van der Waals surface area contributed by atoms with Gasteiger partial charge in [-0.25, -0.2) is 0 Å². The molecule has 0 aliphatic heterocycles. The number of aromatic nitrogens is 2. The summed E-state index contributed by atoms with van der Waals surface area (Å²) in [6.07, 6.45) is 0. The van der Waals surface area contributed by atoms with Gasteiger partial charge in [-0.1, -0.05) is 11.6 Å². The Labute approximate surface area is 71.0 Å². The molecule has 0 saturated carbocycles. The van der Waals surface area contributed by atoms with Crippen molar-refractivity contribution in [1.29, 1.82) is 0 Å². The lowest BCUT2D eigenvalue weighted by Crippen LogP contribution is -2.11. The minimum Gasteiger partial charge on any atom is -0.361 e. The highest BCUT2D eigenvalue weighted by atomic mass is 35.5. The predicted octanol–water partition coefficient (Wildman–Crippen LogP) is 1.50. The van der Waals surface area contributed by atoms with E-state index in [1.165, 1.54) is 0 Å². The van der Waals surface area contributed by atoms with Crippen LogP contribution in [0.3, 0.4) is 0 Å². The first-order valence-electron chi connectivity index (χ1n) is 3.28. The summed E-state index contributed by atoms with van der Waals surface area (Å²) in [5, 5.41) is 8.12. The minimum atomic E-state index is 0.468. The first-order chi connectivity index (χ1) is 5.11. The molecule has 0 saturated heterocycles. The zero-order chi connectivity index (χ0) is 8.43. The molecule has 4 heteroatoms. The van der Waals surface area contributed by atoms with Crippen molar-refractivity contribution in [3.63, 3.8) is 0 Å². The number of rotatable bonds is 1. The Morgan fingerprint density at radius 2 is 2.00 bits per heavy atom. The summed E-state index contributed by atoms with van der Waals surface area (Å²) in [7, 11) is 3.83. The summed E-state index contributed by atoms with van der Waals surface area (Å²) in [6.45, 7) is 1.91. The smallest absolute Gasteiger partial charge is 0.154 e. The van der Waals surface area contributed by atoms with Crippen LogP contribution in [0.5, 0.6) is 0 Å². The standard InChI is InChI=1S/C7H10ClN3/c1-5-4-6(11(2)3)9-10-7(5)8/h4H,1-3H3. The lowest BCUT2D eigenvalue weighted by molar-refractivity contribution is 0.954. The first kappa shape index (κ1) is 8.27. The van der Waals surface area contributed by atoms with Gasteiger partial charge in [-0.15, -0.1) is 10.2 Å². The molecule has 60 valence electrons. The van der Waals surface area contributed by atoms with Crippen LogP contribution in [-0.2, 0) is 0 Å². The fraction of sp³-hybridized carbons (Fsp3) is 0.429. The molecule has 3 nitrogen and oxygen atoms in total. The van der Waals surface area contributed by atoms with Gasteiger partial charge in [0.25, 0.3) is 0 Å². The summed E-state index contributed by atoms with van der Waals surface area (Å²) in [6, 6.07) is 1.90. The Kier molecular flexibility index (Phi) is 2.29. The second-order valence-electron chi connectivity index (χ2n) is 2.57. The lowest BCUT2D eigenvalue weighted by atomic mass is 10.3. The van der Waals surface area contributed by atoms with E-state index < -0.39 is 0 Å². The molecule has 0 atom stereocenters. The van der Waals surface area contributed by atoms with Crippen LogP contribution >= 0.6 is 11.6 Å². The molecule has 0 bridgehead atoms. The Hall–Kier alpha value is -0.830. The van der Waals surface area contributed by atoms with Crippen LogP contribution < -0.4 is 4.90 Å². The highest BCUT2D eigenvalue weighted by molar-refractivity contribution is 6.30. The Bertz CT molecular complexity index is 260. The van der Waals surface area contributed by atoms with E-state index in [-0.39, 0.29) is 0 Å². The highest BCUT2D eigenvalue weighted by Gasteiger charge is 2.00. The molecule has 0 fully saturated rings. The maximum Gasteiger partial charge on any atom is 0.154 e. The second kappa shape index (κ2) is 3.05. The van der Waals surface area contributed by atoms with Crippen molar-refractivity contribution in [1.82, 2.24) is 10.2 Å². The topological polar surface area (TPSA) is 29.0 Å². The molecule has 0 N–H and O–H groups in total. The van der Waals surface area contributed by atoms with Gasteiger partial charge in [0.05, 0.1) is 0 Å². The monoisotopic (exact) mass is 171 g/mol. The zero-order valence-corrected chi connectivity index (χ0v) is 7.55. The molecule has 0 amide bonds. The van der Waals surface area contributed by atoms with Gasteiger partial charge in [-0.05, 0) is 18.6 Å². The molecule has 0 aromatic carbocycles. The highest BCUT2D eigenvalue weighted by Crippen LogP contribution is 2.14. The van der Waals surface area contributed by atoms with Crippen molar-refractivity contribution in [3.05, 3.63) is 16.8 Å². The van der Waals surface area contributed by atoms with Crippen molar-refractivity contribution < 1.29 is 0 Å². The van der Waals surface area contributed by atoms with Crippen LogP contribution in [0.1, 0.15) is 5.56 Å². The van der Waals surface area contributed by atoms with E-state index in [1.54, 1.807) is 0 Å². The number of halogens is 1. The Morgan fingerprint density at radius 1 is 1.36 bits per heavy atom. The summed E-state index contributed by atoms with van der Waals surface area (Å²) < 4.78 is 0. The van der Waals surface area contributed by atoms with Crippen LogP contribution in [0.2, 0.25) is 5.15 Å². The molecule has 0 radical (unpaired) electrons. The maximum atomic E-state index is 5.69. The fourth-order valence-corrected chi connectivity index (χ4v) is 0.767. The number of aryl methyl sites for hydroxylation is 1. The third kappa shape index (κ3) is 1.80. The van der Waals surface area contributed by atoms with Crippen molar-refractivity contribution in [2.24, 2.45) is 0 Å². The molecule has 1 rings (SSSR count). The number of nitrogens with zero attached hydrogens (tertiary/aromatic N) is 3. The average Bonchev–Trinajstić information content (AvgIpc) is 1.94. The minimum absolute atomic E-state index is 0.468. The predicted molar refractivity (Wildman–Crippen MR) is 46.1 cm³/mol. The molecular formula is C7H10ClN3. The van der Waals surface area contributed by atoms with Gasteiger partial charge in [0.2, 0.25) is 0 Å². The number of anilines is 1. The SMILES string of the molecule is Cc1cc(N(C)C)nnc1Cl. The van der Waals surface area contributed by atoms with Crippen molar-refractivity contribution in [2.75, 3.05) is 19.0 Å². The van der Waals surface area contributed by atoms with Gasteiger partial charge in [-0.3, -0.25) is 0 Å². The Balaban J connectivity index is 3.05.